The smallest absolute Gasteiger partial charge is 0.254 e. The van der Waals surface area contributed by atoms with E-state index in [9.17, 15) is 4.79 Å². The van der Waals surface area contributed by atoms with Gasteiger partial charge in [0.15, 0.2) is 0 Å². The van der Waals surface area contributed by atoms with Crippen molar-refractivity contribution in [2.75, 3.05) is 13.6 Å². The number of hydrogen-bond donors (Lipinski definition) is 1. The Balaban J connectivity index is 1.91. The number of nitrogens with zero attached hydrogens (tertiary/aromatic N) is 1. The molecule has 1 aliphatic carbocycles. The van der Waals surface area contributed by atoms with Gasteiger partial charge in [0.1, 0.15) is 0 Å². The van der Waals surface area contributed by atoms with Gasteiger partial charge in [0.25, 0.3) is 5.91 Å². The molecule has 2 rings (SSSR count). The molecule has 0 unspecified atom stereocenters. The van der Waals surface area contributed by atoms with Crippen molar-refractivity contribution < 1.29 is 4.79 Å². The lowest BCUT2D eigenvalue weighted by molar-refractivity contribution is 0.0683. The first kappa shape index (κ1) is 16.0. The third kappa shape index (κ3) is 4.07. The maximum Gasteiger partial charge on any atom is 0.254 e. The standard InChI is InChI=1S/C18H28N2O/c1-4-13-19-15-9-11-16(12-10-15)20(3)18(21)17-8-6-5-7-14(17)2/h5-8,15-16,19H,4,9-13H2,1-3H3. The maximum atomic E-state index is 12.6. The van der Waals surface area contributed by atoms with Crippen molar-refractivity contribution in [1.82, 2.24) is 10.2 Å². The summed E-state index contributed by atoms with van der Waals surface area (Å²) in [4.78, 5) is 14.6. The second kappa shape index (κ2) is 7.60. The summed E-state index contributed by atoms with van der Waals surface area (Å²) in [6, 6.07) is 8.89. The lowest BCUT2D eigenvalue weighted by Gasteiger charge is -2.35. The zero-order valence-electron chi connectivity index (χ0n) is 13.6. The van der Waals surface area contributed by atoms with Gasteiger partial charge in [0, 0.05) is 24.7 Å². The zero-order valence-corrected chi connectivity index (χ0v) is 13.6. The van der Waals surface area contributed by atoms with Crippen LogP contribution >= 0.6 is 0 Å². The Bertz CT molecular complexity index is 464. The Kier molecular flexibility index (Phi) is 5.80. The maximum absolute atomic E-state index is 12.6. The van der Waals surface area contributed by atoms with Crippen molar-refractivity contribution in [1.29, 1.82) is 0 Å². The molecule has 0 radical (unpaired) electrons. The van der Waals surface area contributed by atoms with E-state index in [2.05, 4.69) is 12.2 Å². The number of rotatable bonds is 5. The van der Waals surface area contributed by atoms with Gasteiger partial charge in [-0.05, 0) is 57.2 Å². The first-order valence-electron chi connectivity index (χ1n) is 8.19. The van der Waals surface area contributed by atoms with Crippen molar-refractivity contribution in [2.45, 2.75) is 58.0 Å². The van der Waals surface area contributed by atoms with Gasteiger partial charge in [-0.2, -0.15) is 0 Å². The summed E-state index contributed by atoms with van der Waals surface area (Å²) >= 11 is 0. The Labute approximate surface area is 128 Å². The minimum atomic E-state index is 0.165. The molecule has 1 N–H and O–H groups in total. The molecular formula is C18H28N2O. The summed E-state index contributed by atoms with van der Waals surface area (Å²) in [6.07, 6.45) is 5.75. The predicted octanol–water partition coefficient (Wildman–Crippen LogP) is 3.38. The van der Waals surface area contributed by atoms with E-state index >= 15 is 0 Å². The quantitative estimate of drug-likeness (QED) is 0.901. The van der Waals surface area contributed by atoms with Gasteiger partial charge in [-0.25, -0.2) is 0 Å². The van der Waals surface area contributed by atoms with Crippen LogP contribution in [0, 0.1) is 6.92 Å². The number of hydrogen-bond acceptors (Lipinski definition) is 2. The summed E-state index contributed by atoms with van der Waals surface area (Å²) in [7, 11) is 1.96. The van der Waals surface area contributed by atoms with Crippen LogP contribution in [-0.2, 0) is 0 Å². The molecule has 0 aliphatic heterocycles. The average Bonchev–Trinajstić information content (AvgIpc) is 2.52. The van der Waals surface area contributed by atoms with Crippen molar-refractivity contribution in [2.24, 2.45) is 0 Å². The second-order valence-electron chi connectivity index (χ2n) is 6.19. The lowest BCUT2D eigenvalue weighted by atomic mass is 9.90. The summed E-state index contributed by atoms with van der Waals surface area (Å²) in [5, 5.41) is 3.60. The van der Waals surface area contributed by atoms with Crippen LogP contribution in [0.4, 0.5) is 0 Å². The summed E-state index contributed by atoms with van der Waals surface area (Å²) in [5.41, 5.74) is 1.90. The molecule has 21 heavy (non-hydrogen) atoms. The first-order valence-corrected chi connectivity index (χ1v) is 8.19. The fourth-order valence-corrected chi connectivity index (χ4v) is 3.18. The normalized spacial score (nSPS) is 22.0. The predicted molar refractivity (Wildman–Crippen MR) is 87.6 cm³/mol. The van der Waals surface area contributed by atoms with Crippen molar-refractivity contribution in [3.05, 3.63) is 35.4 Å². The highest BCUT2D eigenvalue weighted by Gasteiger charge is 2.27. The molecule has 0 aromatic heterocycles. The number of amides is 1. The molecule has 1 aromatic rings. The number of aryl methyl sites for hydroxylation is 1. The highest BCUT2D eigenvalue weighted by molar-refractivity contribution is 5.95. The van der Waals surface area contributed by atoms with Gasteiger partial charge in [0.2, 0.25) is 0 Å². The Hall–Kier alpha value is -1.35. The molecule has 3 nitrogen and oxygen atoms in total. The fourth-order valence-electron chi connectivity index (χ4n) is 3.18. The topological polar surface area (TPSA) is 32.3 Å². The van der Waals surface area contributed by atoms with E-state index in [4.69, 9.17) is 0 Å². The largest absolute Gasteiger partial charge is 0.339 e. The molecular weight excluding hydrogens is 260 g/mol. The third-order valence-electron chi connectivity index (χ3n) is 4.62. The van der Waals surface area contributed by atoms with Crippen molar-refractivity contribution in [3.8, 4) is 0 Å². The minimum Gasteiger partial charge on any atom is -0.339 e. The van der Waals surface area contributed by atoms with Crippen molar-refractivity contribution in [3.63, 3.8) is 0 Å². The van der Waals surface area contributed by atoms with Gasteiger partial charge < -0.3 is 10.2 Å². The molecule has 0 spiro atoms. The first-order chi connectivity index (χ1) is 10.1. The fraction of sp³-hybridized carbons (Fsp3) is 0.611. The van der Waals surface area contributed by atoms with Crippen LogP contribution in [0.5, 0.6) is 0 Å². The van der Waals surface area contributed by atoms with Crippen LogP contribution in [0.25, 0.3) is 0 Å². The van der Waals surface area contributed by atoms with Gasteiger partial charge in [-0.3, -0.25) is 4.79 Å². The summed E-state index contributed by atoms with van der Waals surface area (Å²) in [6.45, 7) is 5.31. The van der Waals surface area contributed by atoms with E-state index in [-0.39, 0.29) is 5.91 Å². The van der Waals surface area contributed by atoms with E-state index < -0.39 is 0 Å². The van der Waals surface area contributed by atoms with Crippen LogP contribution in [-0.4, -0.2) is 36.5 Å². The Morgan fingerprint density at radius 2 is 1.90 bits per heavy atom. The van der Waals surface area contributed by atoms with E-state index in [0.29, 0.717) is 12.1 Å². The molecule has 0 saturated heterocycles. The molecule has 0 atom stereocenters. The Morgan fingerprint density at radius 1 is 1.24 bits per heavy atom. The molecule has 0 bridgehead atoms. The molecule has 116 valence electrons. The minimum absolute atomic E-state index is 0.165. The van der Waals surface area contributed by atoms with Gasteiger partial charge in [0.05, 0.1) is 0 Å². The van der Waals surface area contributed by atoms with E-state index in [1.165, 1.54) is 19.3 Å². The highest BCUT2D eigenvalue weighted by atomic mass is 16.2. The number of carbonyl (C=O) groups is 1. The number of carbonyl (C=O) groups excluding carboxylic acids is 1. The van der Waals surface area contributed by atoms with Crippen LogP contribution in [0.3, 0.4) is 0 Å². The van der Waals surface area contributed by atoms with E-state index in [1.807, 2.05) is 43.1 Å². The molecule has 1 fully saturated rings. The Morgan fingerprint density at radius 3 is 2.52 bits per heavy atom. The summed E-state index contributed by atoms with van der Waals surface area (Å²) in [5.74, 6) is 0.165. The molecule has 1 saturated carbocycles. The van der Waals surface area contributed by atoms with Crippen LogP contribution in [0.2, 0.25) is 0 Å². The lowest BCUT2D eigenvalue weighted by Crippen LogP contribution is -2.43. The summed E-state index contributed by atoms with van der Waals surface area (Å²) < 4.78 is 0. The number of benzene rings is 1. The van der Waals surface area contributed by atoms with Gasteiger partial charge in [-0.15, -0.1) is 0 Å². The highest BCUT2D eigenvalue weighted by Crippen LogP contribution is 2.24. The second-order valence-corrected chi connectivity index (χ2v) is 6.19. The molecule has 1 aromatic carbocycles. The van der Waals surface area contributed by atoms with Crippen LogP contribution in [0.1, 0.15) is 54.9 Å². The van der Waals surface area contributed by atoms with Gasteiger partial charge in [-0.1, -0.05) is 25.1 Å². The van der Waals surface area contributed by atoms with Gasteiger partial charge >= 0.3 is 0 Å². The van der Waals surface area contributed by atoms with Crippen LogP contribution in [0.15, 0.2) is 24.3 Å². The van der Waals surface area contributed by atoms with Crippen molar-refractivity contribution >= 4 is 5.91 Å². The van der Waals surface area contributed by atoms with Crippen LogP contribution < -0.4 is 5.32 Å². The van der Waals surface area contributed by atoms with E-state index in [1.54, 1.807) is 0 Å². The third-order valence-corrected chi connectivity index (χ3v) is 4.62. The molecule has 3 heteroatoms. The molecule has 1 aliphatic rings. The monoisotopic (exact) mass is 288 g/mol. The number of nitrogens with one attached hydrogen (secondary N) is 1. The molecule has 0 heterocycles. The molecule has 1 amide bonds. The zero-order chi connectivity index (χ0) is 15.2. The average molecular weight is 288 g/mol. The van der Waals surface area contributed by atoms with E-state index in [0.717, 1.165) is 30.5 Å². The SMILES string of the molecule is CCCNC1CCC(N(C)C(=O)c2ccccc2C)CC1.